The zero-order valence-corrected chi connectivity index (χ0v) is 14.2. The Morgan fingerprint density at radius 2 is 0.353 bits per heavy atom. The van der Waals surface area contributed by atoms with E-state index in [1.54, 1.807) is 0 Å². The van der Waals surface area contributed by atoms with Crippen LogP contribution in [0.25, 0.3) is 0 Å². The summed E-state index contributed by atoms with van der Waals surface area (Å²) in [6.07, 6.45) is 0. The summed E-state index contributed by atoms with van der Waals surface area (Å²) in [5, 5.41) is 0. The maximum absolute atomic E-state index is 2.12. The fraction of sp³-hybridized carbons (Fsp3) is 1.00. The van der Waals surface area contributed by atoms with Gasteiger partial charge in [-0.2, -0.15) is 0 Å². The molecule has 118 valence electrons. The first-order valence-corrected chi connectivity index (χ1v) is 3.58. The van der Waals surface area contributed by atoms with Gasteiger partial charge in [-0.05, 0) is 0 Å². The first kappa shape index (κ1) is 66.4. The van der Waals surface area contributed by atoms with Gasteiger partial charge in [0.05, 0.1) is 56.4 Å². The van der Waals surface area contributed by atoms with Crippen LogP contribution in [-0.4, -0.2) is 98.2 Å². The molecule has 0 unspecified atom stereocenters. The molecule has 0 aromatic heterocycles. The third-order valence-corrected chi connectivity index (χ3v) is 0. The average molecular weight is 445 g/mol. The van der Waals surface area contributed by atoms with E-state index in [2.05, 4.69) is 56.4 Å². The van der Waals surface area contributed by atoms with Gasteiger partial charge >= 0.3 is 21.1 Å². The van der Waals surface area contributed by atoms with E-state index in [1.165, 1.54) is 0 Å². The van der Waals surface area contributed by atoms with Gasteiger partial charge in [0.2, 0.25) is 0 Å². The van der Waals surface area contributed by atoms with E-state index < -0.39 is 0 Å². The van der Waals surface area contributed by atoms with Crippen LogP contribution in [0.5, 0.6) is 0 Å². The van der Waals surface area contributed by atoms with Crippen molar-refractivity contribution in [3.8, 4) is 0 Å². The second-order valence-corrected chi connectivity index (χ2v) is 5.37. The van der Waals surface area contributed by atoms with Crippen LogP contribution in [0.2, 0.25) is 0 Å². The Morgan fingerprint density at radius 3 is 0.353 bits per heavy atom. The minimum Gasteiger partial charge on any atom is -0.870 e. The number of rotatable bonds is 0. The van der Waals surface area contributed by atoms with Gasteiger partial charge in [-0.25, -0.2) is 0 Å². The molecule has 0 amide bonds. The molecule has 0 saturated heterocycles. The van der Waals surface area contributed by atoms with E-state index in [-0.39, 0.29) is 53.9 Å². The summed E-state index contributed by atoms with van der Waals surface area (Å²) in [5.74, 6) is 0. The van der Waals surface area contributed by atoms with Gasteiger partial charge in [0, 0.05) is 0 Å². The van der Waals surface area contributed by atoms with E-state index in [1.807, 2.05) is 0 Å². The summed E-state index contributed by atoms with van der Waals surface area (Å²) >= 11 is 0. The summed E-state index contributed by atoms with van der Waals surface area (Å²) in [4.78, 5) is 0. The molecular weight excluding hydrogens is 415 g/mol. The number of quaternary nitrogens is 2. The molecule has 0 atom stereocenters. The molecule has 0 aromatic carbocycles. The van der Waals surface area contributed by atoms with Crippen molar-refractivity contribution in [1.29, 1.82) is 0 Å². The Hall–Kier alpha value is 0.368. The SMILES string of the molecule is C[N+](C)(C)C.C[N+](C)(C)C.[OH-].[OH-].[OH-].[OH-].[OH-].[OH-].[Pt+4]. The molecule has 0 aromatic rings. The van der Waals surface area contributed by atoms with Crippen LogP contribution in [0.4, 0.5) is 0 Å². The van der Waals surface area contributed by atoms with Crippen LogP contribution in [0, 0.1) is 0 Å². The summed E-state index contributed by atoms with van der Waals surface area (Å²) in [6, 6.07) is 0. The third kappa shape index (κ3) is 24900. The van der Waals surface area contributed by atoms with Crippen LogP contribution in [0.15, 0.2) is 0 Å². The predicted molar refractivity (Wildman–Crippen MR) is 59.5 cm³/mol. The Bertz CT molecular complexity index is 71.0. The average Bonchev–Trinajstić information content (AvgIpc) is 1.12. The summed E-state index contributed by atoms with van der Waals surface area (Å²) in [6.45, 7) is 0. The minimum atomic E-state index is 0. The van der Waals surface area contributed by atoms with Gasteiger partial charge in [0.15, 0.2) is 0 Å². The maximum Gasteiger partial charge on any atom is 4.00 e. The Morgan fingerprint density at radius 1 is 0.353 bits per heavy atom. The molecule has 0 saturated carbocycles. The zero-order valence-electron chi connectivity index (χ0n) is 11.9. The maximum atomic E-state index is 2.12. The first-order valence-electron chi connectivity index (χ1n) is 3.58. The van der Waals surface area contributed by atoms with E-state index >= 15 is 0 Å². The molecular formula is C8H30N2O6Pt. The molecule has 17 heavy (non-hydrogen) atoms. The monoisotopic (exact) mass is 445 g/mol. The van der Waals surface area contributed by atoms with Crippen molar-refractivity contribution in [2.75, 3.05) is 56.4 Å². The van der Waals surface area contributed by atoms with Crippen LogP contribution in [-0.2, 0) is 21.1 Å². The molecule has 8 nitrogen and oxygen atoms in total. The molecule has 0 aliphatic carbocycles. The van der Waals surface area contributed by atoms with Gasteiger partial charge in [0.1, 0.15) is 0 Å². The smallest absolute Gasteiger partial charge is 0.870 e. The number of hydrogen-bond donors (Lipinski definition) is 0. The molecule has 0 fully saturated rings. The number of nitrogens with zero attached hydrogens (tertiary/aromatic N) is 2. The van der Waals surface area contributed by atoms with E-state index in [4.69, 9.17) is 0 Å². The van der Waals surface area contributed by atoms with Crippen molar-refractivity contribution in [3.05, 3.63) is 0 Å². The molecule has 0 aliphatic heterocycles. The van der Waals surface area contributed by atoms with Crippen LogP contribution in [0.3, 0.4) is 0 Å². The zero-order chi connectivity index (χ0) is 9.00. The molecule has 0 spiro atoms. The van der Waals surface area contributed by atoms with Crippen molar-refractivity contribution < 1.29 is 62.9 Å². The second-order valence-electron chi connectivity index (χ2n) is 5.37. The molecule has 6 N–H and O–H groups in total. The Labute approximate surface area is 120 Å². The topological polar surface area (TPSA) is 180 Å². The largest absolute Gasteiger partial charge is 4.00 e. The predicted octanol–water partition coefficient (Wildman–Crippen LogP) is -0.418. The molecule has 0 aliphatic rings. The van der Waals surface area contributed by atoms with Crippen molar-refractivity contribution in [1.82, 2.24) is 0 Å². The second kappa shape index (κ2) is 25.3. The van der Waals surface area contributed by atoms with Crippen molar-refractivity contribution in [2.24, 2.45) is 0 Å². The molecule has 0 radical (unpaired) electrons. The fourth-order valence-corrected chi connectivity index (χ4v) is 0. The molecule has 0 rings (SSSR count). The van der Waals surface area contributed by atoms with Gasteiger partial charge < -0.3 is 41.8 Å². The van der Waals surface area contributed by atoms with Gasteiger partial charge in [0.25, 0.3) is 0 Å². The third-order valence-electron chi connectivity index (χ3n) is 0. The van der Waals surface area contributed by atoms with Crippen LogP contribution >= 0.6 is 0 Å². The van der Waals surface area contributed by atoms with E-state index in [0.29, 0.717) is 0 Å². The Kier molecular flexibility index (Phi) is 98.8. The fourth-order valence-electron chi connectivity index (χ4n) is 0. The number of hydrogen-bond acceptors (Lipinski definition) is 6. The van der Waals surface area contributed by atoms with Crippen molar-refractivity contribution in [2.45, 2.75) is 0 Å². The van der Waals surface area contributed by atoms with E-state index in [0.717, 1.165) is 8.97 Å². The minimum absolute atomic E-state index is 0. The van der Waals surface area contributed by atoms with Crippen molar-refractivity contribution >= 4 is 0 Å². The summed E-state index contributed by atoms with van der Waals surface area (Å²) in [5.41, 5.74) is 0. The summed E-state index contributed by atoms with van der Waals surface area (Å²) in [7, 11) is 17.0. The standard InChI is InChI=1S/2C4H12N.6H2O.Pt/c2*1-5(2,3)4;;;;;;;/h2*1-4H3;6*1H2;/q2*+1;;;;;;;+4/p-6. The van der Waals surface area contributed by atoms with Gasteiger partial charge in [-0.3, -0.25) is 0 Å². The molecule has 9 heteroatoms. The molecule has 0 bridgehead atoms. The first-order chi connectivity index (χ1) is 4.00. The van der Waals surface area contributed by atoms with Gasteiger partial charge in [-0.1, -0.05) is 0 Å². The van der Waals surface area contributed by atoms with Gasteiger partial charge in [-0.15, -0.1) is 0 Å². The van der Waals surface area contributed by atoms with E-state index in [9.17, 15) is 0 Å². The quantitative estimate of drug-likeness (QED) is 0.457. The normalized spacial score (nSPS) is 7.06. The summed E-state index contributed by atoms with van der Waals surface area (Å²) < 4.78 is 2.00. The van der Waals surface area contributed by atoms with Crippen LogP contribution < -0.4 is 0 Å². The molecule has 0 heterocycles. The van der Waals surface area contributed by atoms with Crippen LogP contribution in [0.1, 0.15) is 0 Å². The Balaban J connectivity index is -0.00000000762. The van der Waals surface area contributed by atoms with Crippen molar-refractivity contribution in [3.63, 3.8) is 0 Å².